The maximum atomic E-state index is 11.2. The van der Waals surface area contributed by atoms with E-state index in [1.54, 1.807) is 0 Å². The number of allylic oxidation sites excluding steroid dienone is 2. The number of hydrogen-bond acceptors (Lipinski definition) is 2. The number of nitrogens with one attached hydrogen (secondary N) is 1. The summed E-state index contributed by atoms with van der Waals surface area (Å²) < 4.78 is 0. The van der Waals surface area contributed by atoms with Crippen LogP contribution in [0.4, 0.5) is 0 Å². The monoisotopic (exact) mass is 149 g/mol. The Morgan fingerprint density at radius 1 is 1.27 bits per heavy atom. The molecule has 0 saturated heterocycles. The number of Topliss-reactive ketones (excluding diaryl/α,β-unsaturated/α-hetero) is 1. The third-order valence-corrected chi connectivity index (χ3v) is 2.66. The molecule has 0 radical (unpaired) electrons. The van der Waals surface area contributed by atoms with Gasteiger partial charge < -0.3 is 5.41 Å². The molecular formula is C9H11NO. The summed E-state index contributed by atoms with van der Waals surface area (Å²) in [6.45, 7) is 0. The van der Waals surface area contributed by atoms with Gasteiger partial charge in [0.25, 0.3) is 0 Å². The van der Waals surface area contributed by atoms with Crippen LogP contribution in [0, 0.1) is 17.2 Å². The van der Waals surface area contributed by atoms with Crippen molar-refractivity contribution in [1.82, 2.24) is 0 Å². The smallest absolute Gasteiger partial charge is 0.142 e. The highest BCUT2D eigenvalue weighted by Crippen LogP contribution is 2.34. The quantitative estimate of drug-likeness (QED) is 0.522. The summed E-state index contributed by atoms with van der Waals surface area (Å²) in [6, 6.07) is 0. The summed E-state index contributed by atoms with van der Waals surface area (Å²) in [5.41, 5.74) is 0.657. The maximum Gasteiger partial charge on any atom is 0.142 e. The van der Waals surface area contributed by atoms with E-state index in [0.29, 0.717) is 12.1 Å². The Kier molecular flexibility index (Phi) is 1.41. The number of rotatable bonds is 0. The van der Waals surface area contributed by atoms with Gasteiger partial charge in [0.05, 0.1) is 0 Å². The van der Waals surface area contributed by atoms with E-state index in [9.17, 15) is 4.79 Å². The molecule has 0 amide bonds. The average molecular weight is 149 g/mol. The van der Waals surface area contributed by atoms with Crippen molar-refractivity contribution in [2.24, 2.45) is 11.8 Å². The van der Waals surface area contributed by atoms with E-state index in [2.05, 4.69) is 12.2 Å². The standard InChI is InChI=1S/C9H11NO/c10-8-5-9(11)7-4-2-1-3-6(7)8/h1-2,6-7,10H,3-5H2. The van der Waals surface area contributed by atoms with Crippen LogP contribution < -0.4 is 0 Å². The second kappa shape index (κ2) is 2.29. The van der Waals surface area contributed by atoms with Crippen molar-refractivity contribution in [1.29, 1.82) is 5.41 Å². The Morgan fingerprint density at radius 3 is 2.55 bits per heavy atom. The molecule has 2 aliphatic rings. The van der Waals surface area contributed by atoms with Gasteiger partial charge in [0.1, 0.15) is 5.78 Å². The van der Waals surface area contributed by atoms with Crippen LogP contribution in [0.25, 0.3) is 0 Å². The first-order chi connectivity index (χ1) is 5.29. The zero-order valence-electron chi connectivity index (χ0n) is 6.34. The van der Waals surface area contributed by atoms with Crippen molar-refractivity contribution in [2.75, 3.05) is 0 Å². The third kappa shape index (κ3) is 0.934. The Labute approximate surface area is 65.8 Å². The highest BCUT2D eigenvalue weighted by atomic mass is 16.1. The molecular weight excluding hydrogens is 138 g/mol. The van der Waals surface area contributed by atoms with Gasteiger partial charge in [0.15, 0.2) is 0 Å². The lowest BCUT2D eigenvalue weighted by atomic mass is 9.85. The summed E-state index contributed by atoms with van der Waals surface area (Å²) in [4.78, 5) is 11.2. The fourth-order valence-electron chi connectivity index (χ4n) is 2.01. The highest BCUT2D eigenvalue weighted by Gasteiger charge is 2.38. The molecule has 2 rings (SSSR count). The molecule has 2 atom stereocenters. The summed E-state index contributed by atoms with van der Waals surface area (Å²) >= 11 is 0. The first kappa shape index (κ1) is 6.77. The van der Waals surface area contributed by atoms with E-state index in [1.165, 1.54) is 0 Å². The van der Waals surface area contributed by atoms with Crippen LogP contribution in [0.5, 0.6) is 0 Å². The molecule has 0 aromatic heterocycles. The van der Waals surface area contributed by atoms with Crippen molar-refractivity contribution < 1.29 is 4.79 Å². The molecule has 2 nitrogen and oxygen atoms in total. The lowest BCUT2D eigenvalue weighted by Crippen LogP contribution is -2.18. The zero-order valence-corrected chi connectivity index (χ0v) is 6.34. The average Bonchev–Trinajstić information content (AvgIpc) is 2.30. The first-order valence-corrected chi connectivity index (χ1v) is 4.04. The zero-order chi connectivity index (χ0) is 7.84. The van der Waals surface area contributed by atoms with Crippen molar-refractivity contribution in [3.05, 3.63) is 12.2 Å². The second-order valence-corrected chi connectivity index (χ2v) is 3.32. The number of hydrogen-bond donors (Lipinski definition) is 1. The number of carbonyl (C=O) groups excluding carboxylic acids is 1. The second-order valence-electron chi connectivity index (χ2n) is 3.32. The molecule has 0 aliphatic heterocycles. The SMILES string of the molecule is N=C1CC(=O)C2CC=CCC12. The van der Waals surface area contributed by atoms with E-state index >= 15 is 0 Å². The Balaban J connectivity index is 2.28. The predicted molar refractivity (Wildman–Crippen MR) is 42.7 cm³/mol. The molecule has 2 heteroatoms. The molecule has 1 N–H and O–H groups in total. The van der Waals surface area contributed by atoms with Crippen LogP contribution in [0.2, 0.25) is 0 Å². The number of ketones is 1. The van der Waals surface area contributed by atoms with Crippen molar-refractivity contribution in [3.63, 3.8) is 0 Å². The first-order valence-electron chi connectivity index (χ1n) is 4.04. The summed E-state index contributed by atoms with van der Waals surface area (Å²) in [6.07, 6.45) is 6.35. The molecule has 2 unspecified atom stereocenters. The van der Waals surface area contributed by atoms with Crippen LogP contribution in [-0.2, 0) is 4.79 Å². The van der Waals surface area contributed by atoms with Gasteiger partial charge in [-0.15, -0.1) is 0 Å². The largest absolute Gasteiger partial charge is 0.309 e. The molecule has 1 saturated carbocycles. The minimum atomic E-state index is 0.160. The molecule has 0 aromatic carbocycles. The maximum absolute atomic E-state index is 11.2. The van der Waals surface area contributed by atoms with Gasteiger partial charge in [-0.2, -0.15) is 0 Å². The van der Waals surface area contributed by atoms with Gasteiger partial charge >= 0.3 is 0 Å². The summed E-state index contributed by atoms with van der Waals surface area (Å²) in [5, 5.41) is 7.55. The molecule has 2 aliphatic carbocycles. The van der Waals surface area contributed by atoms with Gasteiger partial charge in [-0.1, -0.05) is 12.2 Å². The predicted octanol–water partition coefficient (Wildman–Crippen LogP) is 1.56. The fraction of sp³-hybridized carbons (Fsp3) is 0.556. The minimum absolute atomic E-state index is 0.160. The van der Waals surface area contributed by atoms with Crippen molar-refractivity contribution in [2.45, 2.75) is 19.3 Å². The van der Waals surface area contributed by atoms with Crippen molar-refractivity contribution in [3.8, 4) is 0 Å². The number of carbonyl (C=O) groups is 1. The topological polar surface area (TPSA) is 40.9 Å². The van der Waals surface area contributed by atoms with E-state index in [-0.39, 0.29) is 17.6 Å². The molecule has 1 fully saturated rings. The van der Waals surface area contributed by atoms with Crippen LogP contribution in [0.1, 0.15) is 19.3 Å². The van der Waals surface area contributed by atoms with E-state index in [1.807, 2.05) is 0 Å². The summed E-state index contributed by atoms with van der Waals surface area (Å²) in [7, 11) is 0. The van der Waals surface area contributed by atoms with Gasteiger partial charge in [0.2, 0.25) is 0 Å². The minimum Gasteiger partial charge on any atom is -0.309 e. The molecule has 11 heavy (non-hydrogen) atoms. The van der Waals surface area contributed by atoms with E-state index in [0.717, 1.165) is 12.8 Å². The highest BCUT2D eigenvalue weighted by molar-refractivity contribution is 6.10. The Hall–Kier alpha value is -0.920. The molecule has 58 valence electrons. The van der Waals surface area contributed by atoms with Crippen LogP contribution in [-0.4, -0.2) is 11.5 Å². The number of fused-ring (bicyclic) bond motifs is 1. The fourth-order valence-corrected chi connectivity index (χ4v) is 2.01. The van der Waals surface area contributed by atoms with Crippen molar-refractivity contribution >= 4 is 11.5 Å². The van der Waals surface area contributed by atoms with Crippen LogP contribution in [0.15, 0.2) is 12.2 Å². The summed E-state index contributed by atoms with van der Waals surface area (Å²) in [5.74, 6) is 0.698. The Bertz CT molecular complexity index is 218. The lowest BCUT2D eigenvalue weighted by Gasteiger charge is -2.18. The normalized spacial score (nSPS) is 36.0. The van der Waals surface area contributed by atoms with Gasteiger partial charge in [-0.25, -0.2) is 0 Å². The third-order valence-electron chi connectivity index (χ3n) is 2.66. The van der Waals surface area contributed by atoms with E-state index in [4.69, 9.17) is 5.41 Å². The van der Waals surface area contributed by atoms with E-state index < -0.39 is 0 Å². The van der Waals surface area contributed by atoms with Crippen LogP contribution in [0.3, 0.4) is 0 Å². The molecule has 0 spiro atoms. The van der Waals surface area contributed by atoms with Gasteiger partial charge in [0, 0.05) is 24.0 Å². The van der Waals surface area contributed by atoms with Crippen LogP contribution >= 0.6 is 0 Å². The van der Waals surface area contributed by atoms with Gasteiger partial charge in [-0.05, 0) is 12.8 Å². The molecule has 0 bridgehead atoms. The lowest BCUT2D eigenvalue weighted by molar-refractivity contribution is -0.121. The molecule has 0 aromatic rings. The Morgan fingerprint density at radius 2 is 1.91 bits per heavy atom. The van der Waals surface area contributed by atoms with Gasteiger partial charge in [-0.3, -0.25) is 4.79 Å². The molecule has 0 heterocycles.